The van der Waals surface area contributed by atoms with Gasteiger partial charge in [-0.2, -0.15) is 4.98 Å². The number of ether oxygens (including phenoxy) is 2. The monoisotopic (exact) mass is 433 g/mol. The second-order valence-electron chi connectivity index (χ2n) is 6.90. The maximum absolute atomic E-state index is 12.0. The lowest BCUT2D eigenvalue weighted by atomic mass is 10.2. The van der Waals surface area contributed by atoms with E-state index in [1.54, 1.807) is 20.3 Å². The van der Waals surface area contributed by atoms with Crippen LogP contribution in [0.3, 0.4) is 0 Å². The van der Waals surface area contributed by atoms with Gasteiger partial charge in [0.05, 0.1) is 14.2 Å². The molecule has 8 heteroatoms. The highest BCUT2D eigenvalue weighted by Gasteiger charge is 2.04. The number of benzene rings is 2. The number of aryl methyl sites for hydroxylation is 1. The lowest BCUT2D eigenvalue weighted by Crippen LogP contribution is -2.27. The third kappa shape index (κ3) is 7.02. The quantitative estimate of drug-likeness (QED) is 0.331. The maximum atomic E-state index is 12.0. The lowest BCUT2D eigenvalue weighted by Gasteiger charge is -2.10. The number of carbonyl (C=O) groups is 1. The van der Waals surface area contributed by atoms with Crippen LogP contribution < -0.4 is 25.4 Å². The predicted molar refractivity (Wildman–Crippen MR) is 127 cm³/mol. The first-order valence-corrected chi connectivity index (χ1v) is 10.2. The smallest absolute Gasteiger partial charge is 0.244 e. The number of hydrogen-bond donors (Lipinski definition) is 3. The van der Waals surface area contributed by atoms with Crippen LogP contribution in [0.4, 0.5) is 17.5 Å². The van der Waals surface area contributed by atoms with Crippen LogP contribution in [0.15, 0.2) is 60.7 Å². The summed E-state index contributed by atoms with van der Waals surface area (Å²) in [5.74, 6) is 2.56. The van der Waals surface area contributed by atoms with E-state index in [1.807, 2.05) is 61.5 Å². The molecule has 32 heavy (non-hydrogen) atoms. The second-order valence-corrected chi connectivity index (χ2v) is 6.90. The molecule has 166 valence electrons. The number of hydrogen-bond acceptors (Lipinski definition) is 7. The van der Waals surface area contributed by atoms with Gasteiger partial charge >= 0.3 is 0 Å². The first-order chi connectivity index (χ1) is 15.6. The molecule has 0 fully saturated rings. The Morgan fingerprint density at radius 3 is 2.25 bits per heavy atom. The minimum Gasteiger partial charge on any atom is -0.497 e. The summed E-state index contributed by atoms with van der Waals surface area (Å²) in [7, 11) is 3.25. The molecule has 8 nitrogen and oxygen atoms in total. The molecule has 0 spiro atoms. The number of anilines is 3. The summed E-state index contributed by atoms with van der Waals surface area (Å²) in [5, 5.41) is 9.22. The number of rotatable bonds is 10. The maximum Gasteiger partial charge on any atom is 0.244 e. The van der Waals surface area contributed by atoms with Gasteiger partial charge in [0.2, 0.25) is 11.9 Å². The SMILES string of the molecule is COc1ccc(/C=C/C(=O)NCCNc2nc(C)cc(Nc3ccc(OC)cc3)n2)cc1. The number of nitrogens with zero attached hydrogens (tertiary/aromatic N) is 2. The van der Waals surface area contributed by atoms with Crippen molar-refractivity contribution in [1.82, 2.24) is 15.3 Å². The molecule has 2 aromatic carbocycles. The van der Waals surface area contributed by atoms with Crippen LogP contribution in [0.5, 0.6) is 11.5 Å². The van der Waals surface area contributed by atoms with Crippen molar-refractivity contribution in [2.45, 2.75) is 6.92 Å². The van der Waals surface area contributed by atoms with E-state index in [9.17, 15) is 4.79 Å². The van der Waals surface area contributed by atoms with Gasteiger partial charge in [-0.3, -0.25) is 4.79 Å². The predicted octanol–water partition coefficient (Wildman–Crippen LogP) is 3.79. The summed E-state index contributed by atoms with van der Waals surface area (Å²) in [6, 6.07) is 16.9. The molecular formula is C24H27N5O3. The molecule has 3 N–H and O–H groups in total. The van der Waals surface area contributed by atoms with Crippen LogP contribution in [-0.2, 0) is 4.79 Å². The van der Waals surface area contributed by atoms with Gasteiger partial charge in [-0.15, -0.1) is 0 Å². The lowest BCUT2D eigenvalue weighted by molar-refractivity contribution is -0.116. The van der Waals surface area contributed by atoms with Crippen molar-refractivity contribution >= 4 is 29.4 Å². The zero-order valence-electron chi connectivity index (χ0n) is 18.4. The summed E-state index contributed by atoms with van der Waals surface area (Å²) in [6.45, 7) is 2.83. The largest absolute Gasteiger partial charge is 0.497 e. The van der Waals surface area contributed by atoms with Crippen LogP contribution in [0.25, 0.3) is 6.08 Å². The molecule has 0 aliphatic heterocycles. The van der Waals surface area contributed by atoms with Gasteiger partial charge in [-0.1, -0.05) is 12.1 Å². The van der Waals surface area contributed by atoms with Crippen molar-refractivity contribution < 1.29 is 14.3 Å². The van der Waals surface area contributed by atoms with Crippen molar-refractivity contribution in [2.75, 3.05) is 37.9 Å². The molecule has 0 aliphatic rings. The molecule has 0 atom stereocenters. The van der Waals surface area contributed by atoms with Crippen LogP contribution in [0, 0.1) is 6.92 Å². The average molecular weight is 434 g/mol. The number of amides is 1. The molecule has 3 rings (SSSR count). The van der Waals surface area contributed by atoms with Crippen LogP contribution in [-0.4, -0.2) is 43.2 Å². The van der Waals surface area contributed by atoms with E-state index >= 15 is 0 Å². The van der Waals surface area contributed by atoms with E-state index in [2.05, 4.69) is 25.9 Å². The minimum absolute atomic E-state index is 0.172. The molecule has 1 aromatic heterocycles. The molecule has 0 aliphatic carbocycles. The Bertz CT molecular complexity index is 1050. The summed E-state index contributed by atoms with van der Waals surface area (Å²) in [5.41, 5.74) is 2.64. The van der Waals surface area contributed by atoms with E-state index in [4.69, 9.17) is 9.47 Å². The first-order valence-electron chi connectivity index (χ1n) is 10.2. The fraction of sp³-hybridized carbons (Fsp3) is 0.208. The molecule has 3 aromatic rings. The van der Waals surface area contributed by atoms with Gasteiger partial charge in [-0.25, -0.2) is 4.98 Å². The Balaban J connectivity index is 1.46. The van der Waals surface area contributed by atoms with E-state index in [1.165, 1.54) is 6.08 Å². The van der Waals surface area contributed by atoms with Crippen LogP contribution in [0.2, 0.25) is 0 Å². The first kappa shape index (κ1) is 22.6. The van der Waals surface area contributed by atoms with Crippen LogP contribution in [0.1, 0.15) is 11.3 Å². The molecule has 0 saturated carbocycles. The number of methoxy groups -OCH3 is 2. The van der Waals surface area contributed by atoms with Gasteiger partial charge in [0.1, 0.15) is 17.3 Å². The van der Waals surface area contributed by atoms with Gasteiger partial charge in [-0.05, 0) is 55.0 Å². The van der Waals surface area contributed by atoms with Crippen molar-refractivity contribution in [3.63, 3.8) is 0 Å². The van der Waals surface area contributed by atoms with Gasteiger partial charge in [0.15, 0.2) is 0 Å². The Morgan fingerprint density at radius 1 is 0.938 bits per heavy atom. The van der Waals surface area contributed by atoms with Crippen molar-refractivity contribution in [3.05, 3.63) is 71.9 Å². The normalized spacial score (nSPS) is 10.6. The number of nitrogens with one attached hydrogen (secondary N) is 3. The van der Waals surface area contributed by atoms with Crippen LogP contribution >= 0.6 is 0 Å². The van der Waals surface area contributed by atoms with E-state index < -0.39 is 0 Å². The van der Waals surface area contributed by atoms with E-state index in [-0.39, 0.29) is 5.91 Å². The molecule has 1 heterocycles. The summed E-state index contributed by atoms with van der Waals surface area (Å²) in [4.78, 5) is 20.9. The average Bonchev–Trinajstić information content (AvgIpc) is 2.81. The highest BCUT2D eigenvalue weighted by Crippen LogP contribution is 2.20. The zero-order chi connectivity index (χ0) is 22.8. The topological polar surface area (TPSA) is 97.4 Å². The highest BCUT2D eigenvalue weighted by molar-refractivity contribution is 5.91. The fourth-order valence-electron chi connectivity index (χ4n) is 2.84. The second kappa shape index (κ2) is 11.4. The number of aromatic nitrogens is 2. The minimum atomic E-state index is -0.172. The standard InChI is InChI=1S/C24H27N5O3/c1-17-16-22(28-19-7-11-21(32-3)12-8-19)29-24(27-17)26-15-14-25-23(30)13-6-18-4-9-20(31-2)10-5-18/h4-13,16H,14-15H2,1-3H3,(H,25,30)(H2,26,27,28,29)/b13-6+. The van der Waals surface area contributed by atoms with Crippen molar-refractivity contribution in [2.24, 2.45) is 0 Å². The van der Waals surface area contributed by atoms with Crippen molar-refractivity contribution in [1.29, 1.82) is 0 Å². The van der Waals surface area contributed by atoms with Gasteiger partial charge in [0.25, 0.3) is 0 Å². The molecule has 0 unspecified atom stereocenters. The third-order valence-corrected chi connectivity index (χ3v) is 4.47. The summed E-state index contributed by atoms with van der Waals surface area (Å²) >= 11 is 0. The molecule has 0 radical (unpaired) electrons. The van der Waals surface area contributed by atoms with Crippen molar-refractivity contribution in [3.8, 4) is 11.5 Å². The van der Waals surface area contributed by atoms with E-state index in [0.29, 0.717) is 24.9 Å². The Morgan fingerprint density at radius 2 is 1.59 bits per heavy atom. The third-order valence-electron chi connectivity index (χ3n) is 4.47. The number of carbonyl (C=O) groups excluding carboxylic acids is 1. The fourth-order valence-corrected chi connectivity index (χ4v) is 2.84. The Hall–Kier alpha value is -4.07. The molecule has 0 bridgehead atoms. The Labute approximate surface area is 187 Å². The summed E-state index contributed by atoms with van der Waals surface area (Å²) < 4.78 is 10.3. The molecule has 1 amide bonds. The van der Waals surface area contributed by atoms with Gasteiger partial charge < -0.3 is 25.4 Å². The van der Waals surface area contributed by atoms with E-state index in [0.717, 1.165) is 28.4 Å². The molecular weight excluding hydrogens is 406 g/mol. The summed E-state index contributed by atoms with van der Waals surface area (Å²) in [6.07, 6.45) is 3.25. The Kier molecular flexibility index (Phi) is 8.02. The molecule has 0 saturated heterocycles. The van der Waals surface area contributed by atoms with Gasteiger partial charge in [0, 0.05) is 36.6 Å². The zero-order valence-corrected chi connectivity index (χ0v) is 18.4. The highest BCUT2D eigenvalue weighted by atomic mass is 16.5.